The van der Waals surface area contributed by atoms with Gasteiger partial charge in [-0.2, -0.15) is 0 Å². The Hall–Kier alpha value is -1.88. The molecule has 0 aliphatic carbocycles. The van der Waals surface area contributed by atoms with E-state index in [0.717, 1.165) is 50.1 Å². The van der Waals surface area contributed by atoms with Gasteiger partial charge in [0.15, 0.2) is 0 Å². The SMILES string of the molecule is CC1(CNC(=O)CCC2Cc3ccccc3NC2=O)CCNCC1. The van der Waals surface area contributed by atoms with Crippen LogP contribution in [0.4, 0.5) is 5.69 Å². The minimum absolute atomic E-state index is 0.0341. The van der Waals surface area contributed by atoms with Gasteiger partial charge in [-0.1, -0.05) is 25.1 Å². The van der Waals surface area contributed by atoms with E-state index in [2.05, 4.69) is 22.9 Å². The molecule has 0 aromatic heterocycles. The topological polar surface area (TPSA) is 70.2 Å². The first kappa shape index (κ1) is 17.0. The lowest BCUT2D eigenvalue weighted by Crippen LogP contribution is -2.43. The molecular weight excluding hydrogens is 302 g/mol. The van der Waals surface area contributed by atoms with E-state index in [1.54, 1.807) is 0 Å². The summed E-state index contributed by atoms with van der Waals surface area (Å²) in [6, 6.07) is 7.88. The predicted molar refractivity (Wildman–Crippen MR) is 94.7 cm³/mol. The number of hydrogen-bond donors (Lipinski definition) is 3. The molecular formula is C19H27N3O2. The van der Waals surface area contributed by atoms with Gasteiger partial charge in [-0.05, 0) is 55.8 Å². The van der Waals surface area contributed by atoms with Crippen molar-refractivity contribution in [1.82, 2.24) is 10.6 Å². The standard InChI is InChI=1S/C19H27N3O2/c1-19(8-10-20-11-9-19)13-21-17(23)7-6-15-12-14-4-2-3-5-16(14)22-18(15)24/h2-5,15,20H,6-13H2,1H3,(H,21,23)(H,22,24). The molecule has 24 heavy (non-hydrogen) atoms. The molecule has 0 radical (unpaired) electrons. The normalized spacial score (nSPS) is 22.4. The summed E-state index contributed by atoms with van der Waals surface area (Å²) in [5.41, 5.74) is 2.26. The number of benzene rings is 1. The van der Waals surface area contributed by atoms with E-state index in [-0.39, 0.29) is 23.1 Å². The van der Waals surface area contributed by atoms with Crippen molar-refractivity contribution in [2.45, 2.75) is 39.0 Å². The van der Waals surface area contributed by atoms with Gasteiger partial charge in [-0.25, -0.2) is 0 Å². The summed E-state index contributed by atoms with van der Waals surface area (Å²) in [6.07, 6.45) is 3.92. The van der Waals surface area contributed by atoms with Gasteiger partial charge < -0.3 is 16.0 Å². The Kier molecular flexibility index (Phi) is 5.19. The average Bonchev–Trinajstić information content (AvgIpc) is 2.59. The van der Waals surface area contributed by atoms with Crippen LogP contribution in [0.1, 0.15) is 38.2 Å². The van der Waals surface area contributed by atoms with Crippen LogP contribution in [0.3, 0.4) is 0 Å². The zero-order chi connectivity index (χ0) is 17.0. The molecule has 2 aliphatic rings. The molecule has 130 valence electrons. The summed E-state index contributed by atoms with van der Waals surface area (Å²) in [7, 11) is 0. The van der Waals surface area contributed by atoms with Crippen LogP contribution in [-0.4, -0.2) is 31.4 Å². The van der Waals surface area contributed by atoms with Gasteiger partial charge in [-0.3, -0.25) is 9.59 Å². The molecule has 2 heterocycles. The number of nitrogens with one attached hydrogen (secondary N) is 3. The summed E-state index contributed by atoms with van der Waals surface area (Å²) in [5.74, 6) is -0.0200. The number of anilines is 1. The van der Waals surface area contributed by atoms with Gasteiger partial charge in [0.25, 0.3) is 0 Å². The molecule has 1 unspecified atom stereocenters. The van der Waals surface area contributed by atoms with Crippen molar-refractivity contribution in [3.8, 4) is 0 Å². The van der Waals surface area contributed by atoms with Crippen molar-refractivity contribution < 1.29 is 9.59 Å². The summed E-state index contributed by atoms with van der Waals surface area (Å²) < 4.78 is 0. The fourth-order valence-electron chi connectivity index (χ4n) is 3.56. The van der Waals surface area contributed by atoms with E-state index in [4.69, 9.17) is 0 Å². The first-order valence-electron chi connectivity index (χ1n) is 8.92. The fourth-order valence-corrected chi connectivity index (χ4v) is 3.56. The first-order valence-corrected chi connectivity index (χ1v) is 8.92. The van der Waals surface area contributed by atoms with Crippen molar-refractivity contribution in [2.24, 2.45) is 11.3 Å². The molecule has 1 fully saturated rings. The average molecular weight is 329 g/mol. The van der Waals surface area contributed by atoms with Crippen LogP contribution in [0.2, 0.25) is 0 Å². The van der Waals surface area contributed by atoms with Crippen LogP contribution in [0.5, 0.6) is 0 Å². The number of amides is 2. The zero-order valence-corrected chi connectivity index (χ0v) is 14.4. The molecule has 2 aliphatic heterocycles. The van der Waals surface area contributed by atoms with Crippen molar-refractivity contribution in [3.63, 3.8) is 0 Å². The molecule has 5 heteroatoms. The van der Waals surface area contributed by atoms with Crippen LogP contribution in [0.15, 0.2) is 24.3 Å². The van der Waals surface area contributed by atoms with Gasteiger partial charge in [0.1, 0.15) is 0 Å². The highest BCUT2D eigenvalue weighted by Gasteiger charge is 2.28. The van der Waals surface area contributed by atoms with Crippen molar-refractivity contribution in [3.05, 3.63) is 29.8 Å². The van der Waals surface area contributed by atoms with E-state index in [9.17, 15) is 9.59 Å². The largest absolute Gasteiger partial charge is 0.356 e. The Morgan fingerprint density at radius 1 is 1.29 bits per heavy atom. The van der Waals surface area contributed by atoms with Gasteiger partial charge in [0, 0.05) is 24.6 Å². The Balaban J connectivity index is 1.45. The molecule has 0 saturated carbocycles. The molecule has 3 N–H and O–H groups in total. The highest BCUT2D eigenvalue weighted by molar-refractivity contribution is 5.96. The number of rotatable bonds is 5. The number of carbonyl (C=O) groups is 2. The predicted octanol–water partition coefficient (Wildman–Crippen LogP) is 2.08. The summed E-state index contributed by atoms with van der Waals surface area (Å²) in [5, 5.41) is 9.37. The Morgan fingerprint density at radius 2 is 2.04 bits per heavy atom. The minimum atomic E-state index is -0.111. The van der Waals surface area contributed by atoms with Crippen LogP contribution >= 0.6 is 0 Å². The molecule has 0 spiro atoms. The summed E-state index contributed by atoms with van der Waals surface area (Å²) in [4.78, 5) is 24.3. The lowest BCUT2D eigenvalue weighted by molar-refractivity contribution is -0.123. The van der Waals surface area contributed by atoms with E-state index in [1.807, 2.05) is 24.3 Å². The highest BCUT2D eigenvalue weighted by atomic mass is 16.2. The third kappa shape index (κ3) is 4.15. The Bertz CT molecular complexity index is 608. The van der Waals surface area contributed by atoms with Gasteiger partial charge in [0.05, 0.1) is 0 Å². The maximum atomic E-state index is 12.2. The van der Waals surface area contributed by atoms with Crippen LogP contribution < -0.4 is 16.0 Å². The van der Waals surface area contributed by atoms with Gasteiger partial charge in [0.2, 0.25) is 11.8 Å². The van der Waals surface area contributed by atoms with Crippen molar-refractivity contribution >= 4 is 17.5 Å². The monoisotopic (exact) mass is 329 g/mol. The molecule has 1 atom stereocenters. The first-order chi connectivity index (χ1) is 11.6. The van der Waals surface area contributed by atoms with E-state index < -0.39 is 0 Å². The third-order valence-corrected chi connectivity index (χ3v) is 5.36. The summed E-state index contributed by atoms with van der Waals surface area (Å²) in [6.45, 7) is 5.01. The Labute approximate surface area is 143 Å². The smallest absolute Gasteiger partial charge is 0.227 e. The Morgan fingerprint density at radius 3 is 2.83 bits per heavy atom. The zero-order valence-electron chi connectivity index (χ0n) is 14.4. The molecule has 1 aromatic carbocycles. The maximum absolute atomic E-state index is 12.2. The molecule has 3 rings (SSSR count). The van der Waals surface area contributed by atoms with E-state index in [1.165, 1.54) is 0 Å². The second-order valence-electron chi connectivity index (χ2n) is 7.42. The number of hydrogen-bond acceptors (Lipinski definition) is 3. The lowest BCUT2D eigenvalue weighted by Gasteiger charge is -2.34. The molecule has 1 saturated heterocycles. The number of fused-ring (bicyclic) bond motifs is 1. The van der Waals surface area contributed by atoms with Crippen LogP contribution in [-0.2, 0) is 16.0 Å². The number of piperidine rings is 1. The van der Waals surface area contributed by atoms with Gasteiger partial charge in [-0.15, -0.1) is 0 Å². The quantitative estimate of drug-likeness (QED) is 0.775. The second kappa shape index (κ2) is 7.34. The highest BCUT2D eigenvalue weighted by Crippen LogP contribution is 2.28. The number of carbonyl (C=O) groups excluding carboxylic acids is 2. The van der Waals surface area contributed by atoms with Crippen LogP contribution in [0, 0.1) is 11.3 Å². The number of para-hydroxylation sites is 1. The molecule has 5 nitrogen and oxygen atoms in total. The van der Waals surface area contributed by atoms with Gasteiger partial charge >= 0.3 is 0 Å². The van der Waals surface area contributed by atoms with E-state index in [0.29, 0.717) is 12.8 Å². The minimum Gasteiger partial charge on any atom is -0.356 e. The second-order valence-corrected chi connectivity index (χ2v) is 7.42. The summed E-state index contributed by atoms with van der Waals surface area (Å²) >= 11 is 0. The van der Waals surface area contributed by atoms with Crippen LogP contribution in [0.25, 0.3) is 0 Å². The third-order valence-electron chi connectivity index (χ3n) is 5.36. The van der Waals surface area contributed by atoms with Crippen molar-refractivity contribution in [1.29, 1.82) is 0 Å². The van der Waals surface area contributed by atoms with E-state index >= 15 is 0 Å². The molecule has 1 aromatic rings. The molecule has 0 bridgehead atoms. The lowest BCUT2D eigenvalue weighted by atomic mass is 9.81. The fraction of sp³-hybridized carbons (Fsp3) is 0.579. The van der Waals surface area contributed by atoms with Crippen molar-refractivity contribution in [2.75, 3.05) is 25.0 Å². The molecule has 2 amide bonds. The maximum Gasteiger partial charge on any atom is 0.227 e.